The van der Waals surface area contributed by atoms with Gasteiger partial charge in [0.2, 0.25) is 0 Å². The molecule has 2 heterocycles. The number of fused-ring (bicyclic) bond motifs is 1. The number of alkyl halides is 6. The van der Waals surface area contributed by atoms with Crippen LogP contribution < -0.4 is 19.5 Å². The standard InChI is InChI=1S/C29H30F6N2O6/c1-3-7-18-16-20(27(40,28(30,31)32)29(33,34)35)9-10-21(18)41-13-6-5-12-37-24(38)26(4-2,36-25(37)39)19-8-11-22-23(17-19)43-15-14-42-22/h5-6,8-11,16-17,40H,3-4,7,12-15H2,1-2H3,(H,36,39)/b6-5-. The lowest BCUT2D eigenvalue weighted by Crippen LogP contribution is -2.53. The molecular formula is C29H30F6N2O6. The summed E-state index contributed by atoms with van der Waals surface area (Å²) in [7, 11) is 0. The number of hydrogen-bond acceptors (Lipinski definition) is 6. The highest BCUT2D eigenvalue weighted by Crippen LogP contribution is 2.50. The van der Waals surface area contributed by atoms with E-state index in [0.29, 0.717) is 48.8 Å². The molecule has 234 valence electrons. The van der Waals surface area contributed by atoms with Crippen molar-refractivity contribution in [2.45, 2.75) is 56.6 Å². The number of carbonyl (C=O) groups excluding carboxylic acids is 2. The molecule has 8 nitrogen and oxygen atoms in total. The molecule has 0 saturated carbocycles. The first kappa shape index (κ1) is 32.0. The van der Waals surface area contributed by atoms with Gasteiger partial charge in [-0.25, -0.2) is 4.79 Å². The number of urea groups is 1. The van der Waals surface area contributed by atoms with E-state index in [1.165, 1.54) is 12.2 Å². The second kappa shape index (κ2) is 12.0. The van der Waals surface area contributed by atoms with E-state index in [4.69, 9.17) is 14.2 Å². The van der Waals surface area contributed by atoms with Crippen LogP contribution in [0.4, 0.5) is 31.1 Å². The van der Waals surface area contributed by atoms with Crippen molar-refractivity contribution in [1.82, 2.24) is 10.2 Å². The van der Waals surface area contributed by atoms with Crippen LogP contribution in [0.1, 0.15) is 43.4 Å². The molecule has 2 aromatic carbocycles. The van der Waals surface area contributed by atoms with E-state index < -0.39 is 41.0 Å². The van der Waals surface area contributed by atoms with Crippen LogP contribution in [0.3, 0.4) is 0 Å². The van der Waals surface area contributed by atoms with E-state index in [-0.39, 0.29) is 37.3 Å². The molecule has 0 bridgehead atoms. The number of carbonyl (C=O) groups is 2. The average Bonchev–Trinajstić information content (AvgIpc) is 3.21. The van der Waals surface area contributed by atoms with Crippen molar-refractivity contribution in [3.8, 4) is 17.2 Å². The van der Waals surface area contributed by atoms with Crippen molar-refractivity contribution in [3.63, 3.8) is 0 Å². The molecule has 3 amide bonds. The Morgan fingerprint density at radius 3 is 2.28 bits per heavy atom. The Balaban J connectivity index is 1.45. The second-order valence-electron chi connectivity index (χ2n) is 10.0. The third-order valence-corrected chi connectivity index (χ3v) is 7.35. The van der Waals surface area contributed by atoms with Gasteiger partial charge in [-0.15, -0.1) is 0 Å². The van der Waals surface area contributed by atoms with Gasteiger partial charge in [0.05, 0.1) is 0 Å². The highest BCUT2D eigenvalue weighted by atomic mass is 19.4. The first-order chi connectivity index (χ1) is 20.2. The zero-order chi connectivity index (χ0) is 31.6. The summed E-state index contributed by atoms with van der Waals surface area (Å²) in [6.07, 6.45) is -8.35. The lowest BCUT2D eigenvalue weighted by molar-refractivity contribution is -0.376. The van der Waals surface area contributed by atoms with Gasteiger partial charge in [-0.1, -0.05) is 38.5 Å². The summed E-state index contributed by atoms with van der Waals surface area (Å²) in [5.41, 5.74) is -7.15. The molecule has 4 rings (SSSR count). The van der Waals surface area contributed by atoms with Crippen molar-refractivity contribution in [1.29, 1.82) is 0 Å². The fourth-order valence-corrected chi connectivity index (χ4v) is 5.02. The van der Waals surface area contributed by atoms with Crippen molar-refractivity contribution in [3.05, 3.63) is 65.2 Å². The zero-order valence-corrected chi connectivity index (χ0v) is 23.3. The third kappa shape index (κ3) is 5.84. The monoisotopic (exact) mass is 616 g/mol. The van der Waals surface area contributed by atoms with Crippen LogP contribution in [0.25, 0.3) is 0 Å². The van der Waals surface area contributed by atoms with Gasteiger partial charge >= 0.3 is 18.4 Å². The van der Waals surface area contributed by atoms with Gasteiger partial charge < -0.3 is 24.6 Å². The molecule has 2 aliphatic rings. The number of hydrogen-bond donors (Lipinski definition) is 2. The van der Waals surface area contributed by atoms with Crippen molar-refractivity contribution >= 4 is 11.9 Å². The second-order valence-corrected chi connectivity index (χ2v) is 10.0. The maximum Gasteiger partial charge on any atom is 0.430 e. The summed E-state index contributed by atoms with van der Waals surface area (Å²) in [4.78, 5) is 27.2. The van der Waals surface area contributed by atoms with Crippen LogP contribution in [-0.2, 0) is 22.4 Å². The number of ether oxygens (including phenoxy) is 3. The number of aliphatic hydroxyl groups is 1. The van der Waals surface area contributed by atoms with Crippen molar-refractivity contribution < 1.29 is 55.2 Å². The lowest BCUT2D eigenvalue weighted by atomic mass is 9.87. The maximum atomic E-state index is 13.4. The fraction of sp³-hybridized carbons (Fsp3) is 0.448. The van der Waals surface area contributed by atoms with Crippen molar-refractivity contribution in [2.75, 3.05) is 26.4 Å². The van der Waals surface area contributed by atoms with Gasteiger partial charge in [-0.05, 0) is 54.3 Å². The Morgan fingerprint density at radius 1 is 0.977 bits per heavy atom. The molecule has 43 heavy (non-hydrogen) atoms. The highest BCUT2D eigenvalue weighted by molar-refractivity contribution is 6.07. The van der Waals surface area contributed by atoms with E-state index in [1.54, 1.807) is 32.0 Å². The third-order valence-electron chi connectivity index (χ3n) is 7.35. The van der Waals surface area contributed by atoms with Gasteiger partial charge in [0.1, 0.15) is 31.1 Å². The Kier molecular flexibility index (Phi) is 8.91. The predicted molar refractivity (Wildman–Crippen MR) is 141 cm³/mol. The molecule has 0 radical (unpaired) electrons. The van der Waals surface area contributed by atoms with Crippen LogP contribution in [0, 0.1) is 0 Å². The Bertz CT molecular complexity index is 1380. The normalized spacial score (nSPS) is 19.2. The molecule has 2 N–H and O–H groups in total. The molecule has 0 aliphatic carbocycles. The van der Waals surface area contributed by atoms with Gasteiger partial charge in [-0.2, -0.15) is 26.3 Å². The maximum absolute atomic E-state index is 13.4. The number of imide groups is 1. The van der Waals surface area contributed by atoms with Crippen LogP contribution >= 0.6 is 0 Å². The van der Waals surface area contributed by atoms with Gasteiger partial charge in [0.15, 0.2) is 11.5 Å². The number of benzene rings is 2. The summed E-state index contributed by atoms with van der Waals surface area (Å²) in [5.74, 6) is 0.544. The topological polar surface area (TPSA) is 97.3 Å². The molecular weight excluding hydrogens is 586 g/mol. The predicted octanol–water partition coefficient (Wildman–Crippen LogP) is 5.51. The minimum atomic E-state index is -6.00. The van der Waals surface area contributed by atoms with E-state index in [1.807, 2.05) is 0 Å². The van der Waals surface area contributed by atoms with Gasteiger partial charge in [0, 0.05) is 12.1 Å². The summed E-state index contributed by atoms with van der Waals surface area (Å²) in [6.45, 7) is 3.90. The summed E-state index contributed by atoms with van der Waals surface area (Å²) >= 11 is 0. The molecule has 0 aromatic heterocycles. The van der Waals surface area contributed by atoms with Crippen molar-refractivity contribution in [2.24, 2.45) is 0 Å². The molecule has 1 saturated heterocycles. The number of halogens is 6. The molecule has 1 fully saturated rings. The summed E-state index contributed by atoms with van der Waals surface area (Å²) < 4.78 is 96.7. The van der Waals surface area contributed by atoms with Crippen LogP contribution in [0.15, 0.2) is 48.6 Å². The van der Waals surface area contributed by atoms with Gasteiger partial charge in [0.25, 0.3) is 11.5 Å². The molecule has 2 aromatic rings. The molecule has 1 atom stereocenters. The number of amides is 3. The Morgan fingerprint density at radius 2 is 1.65 bits per heavy atom. The van der Waals surface area contributed by atoms with E-state index in [2.05, 4.69) is 5.32 Å². The number of aryl methyl sites for hydroxylation is 1. The lowest BCUT2D eigenvalue weighted by Gasteiger charge is -2.33. The van der Waals surface area contributed by atoms with E-state index >= 15 is 0 Å². The largest absolute Gasteiger partial charge is 0.489 e. The minimum absolute atomic E-state index is 0.0283. The highest BCUT2D eigenvalue weighted by Gasteiger charge is 2.71. The van der Waals surface area contributed by atoms with Crippen LogP contribution in [-0.4, -0.2) is 60.7 Å². The molecule has 2 aliphatic heterocycles. The first-order valence-corrected chi connectivity index (χ1v) is 13.5. The summed E-state index contributed by atoms with van der Waals surface area (Å²) in [6, 6.07) is 6.51. The smallest absolute Gasteiger partial charge is 0.430 e. The van der Waals surface area contributed by atoms with Crippen LogP contribution in [0.5, 0.6) is 17.2 Å². The summed E-state index contributed by atoms with van der Waals surface area (Å²) in [5, 5.41) is 12.5. The van der Waals surface area contributed by atoms with E-state index in [0.717, 1.165) is 11.0 Å². The number of nitrogens with zero attached hydrogens (tertiary/aromatic N) is 1. The first-order valence-electron chi connectivity index (χ1n) is 13.5. The minimum Gasteiger partial charge on any atom is -0.489 e. The van der Waals surface area contributed by atoms with Crippen LogP contribution in [0.2, 0.25) is 0 Å². The Hall–Kier alpha value is -3.94. The fourth-order valence-electron chi connectivity index (χ4n) is 5.02. The van der Waals surface area contributed by atoms with E-state index in [9.17, 15) is 41.0 Å². The molecule has 0 spiro atoms. The molecule has 14 heteroatoms. The number of nitrogens with one attached hydrogen (secondary N) is 1. The number of rotatable bonds is 10. The van der Waals surface area contributed by atoms with Gasteiger partial charge in [-0.3, -0.25) is 9.69 Å². The SMILES string of the molecule is CCCc1cc(C(O)(C(F)(F)F)C(F)(F)F)ccc1OC/C=C\CN1C(=O)NC(CC)(c2ccc3c(c2)OCCO3)C1=O. The zero-order valence-electron chi connectivity index (χ0n) is 23.3. The average molecular weight is 617 g/mol. The Labute approximate surface area is 243 Å². The molecule has 1 unspecified atom stereocenters. The quantitative estimate of drug-likeness (QED) is 0.208.